The second-order valence-electron chi connectivity index (χ2n) is 7.35. The van der Waals surface area contributed by atoms with Crippen molar-refractivity contribution in [3.8, 4) is 11.6 Å². The number of carbonyl (C=O) groups excluding carboxylic acids is 1. The molecular formula is C20H24ClN5O2. The number of benzene rings is 1. The average Bonchev–Trinajstić information content (AvgIpc) is 3.15. The first-order valence-corrected chi connectivity index (χ1v) is 10.0. The number of halogens is 1. The van der Waals surface area contributed by atoms with Crippen LogP contribution in [0.3, 0.4) is 0 Å². The predicted molar refractivity (Wildman–Crippen MR) is 106 cm³/mol. The summed E-state index contributed by atoms with van der Waals surface area (Å²) in [5.41, 5.74) is 7.00. The molecule has 0 spiro atoms. The Labute approximate surface area is 169 Å². The van der Waals surface area contributed by atoms with Crippen LogP contribution < -0.4 is 15.6 Å². The Kier molecular flexibility index (Phi) is 5.75. The number of rotatable bonds is 4. The fraction of sp³-hybridized carbons (Fsp3) is 0.450. The van der Waals surface area contributed by atoms with Gasteiger partial charge in [0.25, 0.3) is 0 Å². The molecule has 0 bridgehead atoms. The third-order valence-corrected chi connectivity index (χ3v) is 5.66. The highest BCUT2D eigenvalue weighted by atomic mass is 35.5. The number of amides is 1. The molecule has 2 aromatic rings. The number of nitrogens with zero attached hydrogens (tertiary/aromatic N) is 3. The maximum Gasteiger partial charge on any atom is 0.241 e. The summed E-state index contributed by atoms with van der Waals surface area (Å²) in [6, 6.07) is 7.29. The lowest BCUT2D eigenvalue weighted by Gasteiger charge is -2.34. The van der Waals surface area contributed by atoms with Crippen molar-refractivity contribution in [3.63, 3.8) is 0 Å². The van der Waals surface area contributed by atoms with Crippen LogP contribution in [0, 0.1) is 5.92 Å². The lowest BCUT2D eigenvalue weighted by molar-refractivity contribution is -0.136. The molecule has 3 atom stereocenters. The zero-order valence-corrected chi connectivity index (χ0v) is 16.5. The van der Waals surface area contributed by atoms with Gasteiger partial charge in [0, 0.05) is 49.0 Å². The van der Waals surface area contributed by atoms with Crippen molar-refractivity contribution in [2.24, 2.45) is 5.92 Å². The Balaban J connectivity index is 1.50. The van der Waals surface area contributed by atoms with E-state index in [2.05, 4.69) is 20.8 Å². The van der Waals surface area contributed by atoms with Crippen LogP contribution in [0.15, 0.2) is 36.7 Å². The van der Waals surface area contributed by atoms with Crippen LogP contribution >= 0.6 is 11.6 Å². The first-order chi connectivity index (χ1) is 13.6. The Morgan fingerprint density at radius 3 is 2.79 bits per heavy atom. The third-order valence-electron chi connectivity index (χ3n) is 5.41. The van der Waals surface area contributed by atoms with Crippen molar-refractivity contribution < 1.29 is 9.53 Å². The number of hydrazine groups is 1. The van der Waals surface area contributed by atoms with Crippen LogP contribution in [0.25, 0.3) is 0 Å². The molecule has 2 fully saturated rings. The molecule has 3 heterocycles. The van der Waals surface area contributed by atoms with Gasteiger partial charge in [-0.3, -0.25) is 20.6 Å². The van der Waals surface area contributed by atoms with E-state index in [0.29, 0.717) is 29.7 Å². The molecule has 1 aromatic carbocycles. The molecule has 2 N–H and O–H groups in total. The lowest BCUT2D eigenvalue weighted by atomic mass is 9.92. The normalized spacial score (nSPS) is 24.9. The van der Waals surface area contributed by atoms with E-state index in [4.69, 9.17) is 16.3 Å². The summed E-state index contributed by atoms with van der Waals surface area (Å²) in [4.78, 5) is 23.9. The Morgan fingerprint density at radius 1 is 1.25 bits per heavy atom. The minimum absolute atomic E-state index is 0.0367. The van der Waals surface area contributed by atoms with Gasteiger partial charge in [0.2, 0.25) is 11.8 Å². The summed E-state index contributed by atoms with van der Waals surface area (Å²) in [6.45, 7) is 4.12. The monoisotopic (exact) mass is 401 g/mol. The van der Waals surface area contributed by atoms with E-state index in [1.54, 1.807) is 36.7 Å². The first-order valence-electron chi connectivity index (χ1n) is 9.63. The largest absolute Gasteiger partial charge is 0.437 e. The van der Waals surface area contributed by atoms with Crippen molar-refractivity contribution >= 4 is 17.5 Å². The smallest absolute Gasteiger partial charge is 0.241 e. The van der Waals surface area contributed by atoms with E-state index in [9.17, 15) is 4.79 Å². The van der Waals surface area contributed by atoms with Crippen LogP contribution in [-0.4, -0.2) is 46.5 Å². The van der Waals surface area contributed by atoms with E-state index < -0.39 is 0 Å². The number of piperidine rings is 1. The van der Waals surface area contributed by atoms with E-state index in [-0.39, 0.29) is 23.8 Å². The molecule has 0 saturated carbocycles. The Morgan fingerprint density at radius 2 is 2.04 bits per heavy atom. The van der Waals surface area contributed by atoms with Gasteiger partial charge in [-0.05, 0) is 44.0 Å². The molecule has 2 saturated heterocycles. The van der Waals surface area contributed by atoms with Crippen molar-refractivity contribution in [1.29, 1.82) is 0 Å². The fourth-order valence-electron chi connectivity index (χ4n) is 3.85. The molecule has 3 unspecified atom stereocenters. The highest BCUT2D eigenvalue weighted by Gasteiger charge is 2.36. The molecule has 1 aromatic heterocycles. The predicted octanol–water partition coefficient (Wildman–Crippen LogP) is 2.74. The quantitative estimate of drug-likeness (QED) is 0.820. The molecule has 148 valence electrons. The number of ether oxygens (including phenoxy) is 1. The highest BCUT2D eigenvalue weighted by molar-refractivity contribution is 6.30. The molecule has 8 heteroatoms. The molecule has 0 aliphatic carbocycles. The minimum atomic E-state index is -0.0367. The van der Waals surface area contributed by atoms with Gasteiger partial charge in [0.15, 0.2) is 0 Å². The van der Waals surface area contributed by atoms with Gasteiger partial charge in [-0.2, -0.15) is 0 Å². The summed E-state index contributed by atoms with van der Waals surface area (Å²) in [6.07, 6.45) is 5.20. The number of likely N-dealkylation sites (tertiary alicyclic amines) is 1. The summed E-state index contributed by atoms with van der Waals surface area (Å²) in [7, 11) is 0. The topological polar surface area (TPSA) is 79.4 Å². The zero-order valence-electron chi connectivity index (χ0n) is 15.8. The van der Waals surface area contributed by atoms with Crippen molar-refractivity contribution in [1.82, 2.24) is 25.7 Å². The van der Waals surface area contributed by atoms with Gasteiger partial charge in [-0.1, -0.05) is 11.6 Å². The molecule has 2 aliphatic heterocycles. The summed E-state index contributed by atoms with van der Waals surface area (Å²) in [5, 5.41) is 0.651. The van der Waals surface area contributed by atoms with Crippen molar-refractivity contribution in [2.45, 2.75) is 31.7 Å². The van der Waals surface area contributed by atoms with Crippen LogP contribution in [0.4, 0.5) is 0 Å². The van der Waals surface area contributed by atoms with Gasteiger partial charge in [0.1, 0.15) is 11.4 Å². The standard InChI is InChI=1S/C20H24ClN5O2/c1-13-17(11-24-25-13)20(27)26-10-2-3-14(12-26)18-19(23-9-8-22-18)28-16-6-4-15(21)5-7-16/h4-9,13-14,17,24-25H,2-3,10-12H2,1H3. The molecule has 0 radical (unpaired) electrons. The van der Waals surface area contributed by atoms with Crippen LogP contribution in [0.2, 0.25) is 5.02 Å². The summed E-state index contributed by atoms with van der Waals surface area (Å²) >= 11 is 5.95. The van der Waals surface area contributed by atoms with E-state index >= 15 is 0 Å². The molecule has 7 nitrogen and oxygen atoms in total. The van der Waals surface area contributed by atoms with Gasteiger partial charge < -0.3 is 9.64 Å². The molecule has 28 heavy (non-hydrogen) atoms. The summed E-state index contributed by atoms with van der Waals surface area (Å²) in [5.74, 6) is 1.41. The number of nitrogens with one attached hydrogen (secondary N) is 2. The maximum atomic E-state index is 13.0. The van der Waals surface area contributed by atoms with E-state index in [1.807, 2.05) is 11.8 Å². The number of carbonyl (C=O) groups is 1. The molecule has 1 amide bonds. The second-order valence-corrected chi connectivity index (χ2v) is 7.78. The highest BCUT2D eigenvalue weighted by Crippen LogP contribution is 2.33. The first kappa shape index (κ1) is 19.1. The van der Waals surface area contributed by atoms with Crippen LogP contribution in [-0.2, 0) is 4.79 Å². The Hall–Kier alpha value is -2.22. The molecule has 2 aliphatic rings. The number of hydrogen-bond acceptors (Lipinski definition) is 6. The van der Waals surface area contributed by atoms with Crippen molar-refractivity contribution in [3.05, 3.63) is 47.4 Å². The van der Waals surface area contributed by atoms with E-state index in [1.165, 1.54) is 0 Å². The number of hydrogen-bond donors (Lipinski definition) is 2. The van der Waals surface area contributed by atoms with Gasteiger partial charge in [-0.15, -0.1) is 0 Å². The molecular weight excluding hydrogens is 378 g/mol. The Bertz CT molecular complexity index is 832. The summed E-state index contributed by atoms with van der Waals surface area (Å²) < 4.78 is 5.97. The molecule has 4 rings (SSSR count). The van der Waals surface area contributed by atoms with Gasteiger partial charge in [0.05, 0.1) is 5.92 Å². The minimum Gasteiger partial charge on any atom is -0.437 e. The fourth-order valence-corrected chi connectivity index (χ4v) is 3.98. The maximum absolute atomic E-state index is 13.0. The van der Waals surface area contributed by atoms with Crippen molar-refractivity contribution in [2.75, 3.05) is 19.6 Å². The third kappa shape index (κ3) is 4.11. The SMILES string of the molecule is CC1NNCC1C(=O)N1CCCC(c2nccnc2Oc2ccc(Cl)cc2)C1. The van der Waals surface area contributed by atoms with Crippen LogP contribution in [0.1, 0.15) is 31.4 Å². The average molecular weight is 402 g/mol. The lowest BCUT2D eigenvalue weighted by Crippen LogP contribution is -2.45. The van der Waals surface area contributed by atoms with Gasteiger partial charge >= 0.3 is 0 Å². The van der Waals surface area contributed by atoms with Gasteiger partial charge in [-0.25, -0.2) is 4.98 Å². The van der Waals surface area contributed by atoms with E-state index in [0.717, 1.165) is 25.1 Å². The second kappa shape index (κ2) is 8.43. The van der Waals surface area contributed by atoms with Crippen LogP contribution in [0.5, 0.6) is 11.6 Å². The number of aromatic nitrogens is 2. The zero-order chi connectivity index (χ0) is 19.5.